The van der Waals surface area contributed by atoms with E-state index in [0.29, 0.717) is 0 Å². The third-order valence-corrected chi connectivity index (χ3v) is 7.39. The van der Waals surface area contributed by atoms with E-state index in [1.165, 1.54) is 22.5 Å². The molecule has 0 saturated heterocycles. The normalized spacial score (nSPS) is 19.5. The molecular formula is C26H23ClN6. The van der Waals surface area contributed by atoms with Gasteiger partial charge in [0.15, 0.2) is 0 Å². The van der Waals surface area contributed by atoms with Gasteiger partial charge in [-0.15, -0.1) is 0 Å². The van der Waals surface area contributed by atoms with Crippen LogP contribution in [-0.2, 0) is 12.0 Å². The lowest BCUT2D eigenvalue weighted by molar-refractivity contribution is -0.697. The summed E-state index contributed by atoms with van der Waals surface area (Å²) in [6, 6.07) is 24.1. The van der Waals surface area contributed by atoms with Gasteiger partial charge in [-0.1, -0.05) is 54.6 Å². The van der Waals surface area contributed by atoms with Crippen molar-refractivity contribution < 1.29 is 17.0 Å². The Balaban J connectivity index is 0.00000206. The standard InChI is InChI=1S/C26H23N6.ClH/c1-2-6-18(7-3-1)17-31-14-15-32-21-16-26(22-10-12-27-29-22,23-11-13-28-30-23)24(25(31)32)20-9-5-4-8-19(20)21;/h1-15,21,24H,16-17H2,(H,27,29)(H,28,30);1H/q+1;/p-1. The van der Waals surface area contributed by atoms with Crippen LogP contribution in [0.25, 0.3) is 0 Å². The molecule has 2 unspecified atom stereocenters. The van der Waals surface area contributed by atoms with Gasteiger partial charge in [0.25, 0.3) is 5.82 Å². The molecule has 2 atom stereocenters. The van der Waals surface area contributed by atoms with E-state index < -0.39 is 0 Å². The second kappa shape index (κ2) is 7.46. The van der Waals surface area contributed by atoms with Gasteiger partial charge in [0.1, 0.15) is 30.9 Å². The van der Waals surface area contributed by atoms with Gasteiger partial charge < -0.3 is 12.4 Å². The van der Waals surface area contributed by atoms with Crippen molar-refractivity contribution in [1.82, 2.24) is 25.0 Å². The molecule has 3 aliphatic rings. The number of nitrogens with one attached hydrogen (secondary N) is 2. The molecule has 7 heteroatoms. The summed E-state index contributed by atoms with van der Waals surface area (Å²) >= 11 is 0. The molecule has 2 bridgehead atoms. The van der Waals surface area contributed by atoms with Crippen molar-refractivity contribution in [3.05, 3.63) is 125 Å². The van der Waals surface area contributed by atoms with Crippen molar-refractivity contribution in [3.63, 3.8) is 0 Å². The molecule has 33 heavy (non-hydrogen) atoms. The Hall–Kier alpha value is -3.64. The number of benzene rings is 2. The predicted octanol–water partition coefficient (Wildman–Crippen LogP) is 0.699. The van der Waals surface area contributed by atoms with Crippen LogP contribution < -0.4 is 17.0 Å². The Bertz CT molecular complexity index is 1350. The Morgan fingerprint density at radius 3 is 2.21 bits per heavy atom. The lowest BCUT2D eigenvalue weighted by atomic mass is 9.56. The molecule has 0 radical (unpaired) electrons. The van der Waals surface area contributed by atoms with Crippen LogP contribution in [-0.4, -0.2) is 25.0 Å². The van der Waals surface area contributed by atoms with Crippen molar-refractivity contribution in [2.45, 2.75) is 30.3 Å². The monoisotopic (exact) mass is 454 g/mol. The number of halogens is 1. The minimum absolute atomic E-state index is 0. The van der Waals surface area contributed by atoms with Crippen LogP contribution in [0.2, 0.25) is 0 Å². The third-order valence-electron chi connectivity index (χ3n) is 7.39. The van der Waals surface area contributed by atoms with Gasteiger partial charge in [0.05, 0.1) is 5.41 Å². The Kier molecular flexibility index (Phi) is 4.52. The molecule has 5 heterocycles. The SMILES string of the molecule is [Cl-].c1ccc(C[n+]2ccn3c2C2c4ccccc4C3CC2(c2ccn[nH]2)c2ccn[nH]2)cc1. The largest absolute Gasteiger partial charge is 1.00 e. The molecule has 0 amide bonds. The molecule has 5 aromatic rings. The van der Waals surface area contributed by atoms with E-state index in [2.05, 4.69) is 109 Å². The Labute approximate surface area is 197 Å². The highest BCUT2D eigenvalue weighted by molar-refractivity contribution is 5.53. The maximum atomic E-state index is 4.35. The minimum atomic E-state index is -0.293. The van der Waals surface area contributed by atoms with Crippen molar-refractivity contribution >= 4 is 0 Å². The van der Waals surface area contributed by atoms with Gasteiger partial charge in [-0.2, -0.15) is 10.2 Å². The number of hydrogen-bond acceptors (Lipinski definition) is 2. The van der Waals surface area contributed by atoms with Crippen LogP contribution in [0.15, 0.2) is 91.5 Å². The summed E-state index contributed by atoms with van der Waals surface area (Å²) in [7, 11) is 0. The summed E-state index contributed by atoms with van der Waals surface area (Å²) in [6.45, 7) is 0.844. The van der Waals surface area contributed by atoms with Crippen molar-refractivity contribution in [2.24, 2.45) is 0 Å². The minimum Gasteiger partial charge on any atom is -1.00 e. The molecule has 2 N–H and O–H groups in total. The topological polar surface area (TPSA) is 66.2 Å². The van der Waals surface area contributed by atoms with Gasteiger partial charge in [-0.05, 0) is 23.3 Å². The highest BCUT2D eigenvalue weighted by Crippen LogP contribution is 2.60. The highest BCUT2D eigenvalue weighted by Gasteiger charge is 2.61. The number of nitrogens with zero attached hydrogens (tertiary/aromatic N) is 4. The summed E-state index contributed by atoms with van der Waals surface area (Å²) < 4.78 is 4.91. The molecule has 3 aromatic heterocycles. The number of H-pyrrole nitrogens is 2. The van der Waals surface area contributed by atoms with E-state index >= 15 is 0 Å². The molecule has 2 aliphatic heterocycles. The fraction of sp³-hybridized carbons (Fsp3) is 0.192. The van der Waals surface area contributed by atoms with Gasteiger partial charge in [-0.25, -0.2) is 9.13 Å². The molecule has 0 saturated carbocycles. The van der Waals surface area contributed by atoms with Crippen molar-refractivity contribution in [1.29, 1.82) is 0 Å². The number of aromatic nitrogens is 6. The maximum Gasteiger partial charge on any atom is 0.266 e. The Morgan fingerprint density at radius 2 is 1.55 bits per heavy atom. The van der Waals surface area contributed by atoms with E-state index in [4.69, 9.17) is 0 Å². The molecular weight excluding hydrogens is 432 g/mol. The predicted molar refractivity (Wildman–Crippen MR) is 119 cm³/mol. The number of hydrogen-bond donors (Lipinski definition) is 2. The summed E-state index contributed by atoms with van der Waals surface area (Å²) in [5.74, 6) is 1.45. The molecule has 1 aliphatic carbocycles. The molecule has 0 spiro atoms. The number of fused-ring (bicyclic) bond motifs is 1. The van der Waals surface area contributed by atoms with Crippen LogP contribution in [0, 0.1) is 0 Å². The van der Waals surface area contributed by atoms with Crippen LogP contribution in [0.3, 0.4) is 0 Å². The van der Waals surface area contributed by atoms with Gasteiger partial charge >= 0.3 is 0 Å². The quantitative estimate of drug-likeness (QED) is 0.393. The van der Waals surface area contributed by atoms with Gasteiger partial charge in [0, 0.05) is 35.8 Å². The van der Waals surface area contributed by atoms with Crippen molar-refractivity contribution in [3.8, 4) is 0 Å². The summed E-state index contributed by atoms with van der Waals surface area (Å²) in [6.07, 6.45) is 9.17. The third kappa shape index (κ3) is 2.70. The van der Waals surface area contributed by atoms with Gasteiger partial charge in [0.2, 0.25) is 0 Å². The fourth-order valence-corrected chi connectivity index (χ4v) is 6.11. The summed E-state index contributed by atoms with van der Waals surface area (Å²) in [5.41, 5.74) is 6.08. The van der Waals surface area contributed by atoms with E-state index in [1.807, 2.05) is 12.4 Å². The maximum absolute atomic E-state index is 4.35. The first-order valence-corrected chi connectivity index (χ1v) is 11.1. The molecule has 2 aromatic carbocycles. The lowest BCUT2D eigenvalue weighted by Gasteiger charge is -2.48. The van der Waals surface area contributed by atoms with E-state index in [1.54, 1.807) is 0 Å². The zero-order valence-electron chi connectivity index (χ0n) is 17.9. The average Bonchev–Trinajstić information content (AvgIpc) is 3.62. The number of aromatic amines is 2. The molecule has 8 rings (SSSR count). The Morgan fingerprint density at radius 1 is 0.879 bits per heavy atom. The van der Waals surface area contributed by atoms with E-state index in [9.17, 15) is 0 Å². The second-order valence-electron chi connectivity index (χ2n) is 8.87. The fourth-order valence-electron chi connectivity index (χ4n) is 6.11. The van der Waals surface area contributed by atoms with Crippen LogP contribution in [0.5, 0.6) is 0 Å². The van der Waals surface area contributed by atoms with Crippen LogP contribution in [0.4, 0.5) is 0 Å². The van der Waals surface area contributed by atoms with Gasteiger partial charge in [-0.3, -0.25) is 10.2 Å². The van der Waals surface area contributed by atoms with Crippen LogP contribution in [0.1, 0.15) is 52.3 Å². The molecule has 164 valence electrons. The summed E-state index contributed by atoms with van der Waals surface area (Å²) in [5, 5.41) is 15.4. The molecule has 0 fully saturated rings. The number of imidazole rings is 1. The first-order chi connectivity index (χ1) is 15.9. The average molecular weight is 455 g/mol. The zero-order chi connectivity index (χ0) is 21.1. The van der Waals surface area contributed by atoms with Crippen LogP contribution >= 0.6 is 0 Å². The zero-order valence-corrected chi connectivity index (χ0v) is 18.7. The van der Waals surface area contributed by atoms with E-state index in [0.717, 1.165) is 24.4 Å². The molecule has 6 nitrogen and oxygen atoms in total. The highest BCUT2D eigenvalue weighted by atomic mass is 35.5. The van der Waals surface area contributed by atoms with E-state index in [-0.39, 0.29) is 29.8 Å². The lowest BCUT2D eigenvalue weighted by Crippen LogP contribution is -3.00. The smallest absolute Gasteiger partial charge is 0.266 e. The second-order valence-corrected chi connectivity index (χ2v) is 8.87. The van der Waals surface area contributed by atoms with Crippen molar-refractivity contribution in [2.75, 3.05) is 0 Å². The summed E-state index contributed by atoms with van der Waals surface area (Å²) in [4.78, 5) is 0. The first kappa shape index (κ1) is 20.0. The first-order valence-electron chi connectivity index (χ1n) is 11.1. The number of rotatable bonds is 4.